The van der Waals surface area contributed by atoms with Gasteiger partial charge in [0.1, 0.15) is 29.4 Å². The average Bonchev–Trinajstić information content (AvgIpc) is 3.40. The molecule has 2 aromatic heterocycles. The number of aromatic nitrogens is 2. The summed E-state index contributed by atoms with van der Waals surface area (Å²) in [4.78, 5) is 43.0. The molecule has 1 aliphatic heterocycles. The molecule has 0 aliphatic carbocycles. The van der Waals surface area contributed by atoms with E-state index in [1.54, 1.807) is 41.5 Å². The van der Waals surface area contributed by atoms with E-state index in [2.05, 4.69) is 9.97 Å². The Morgan fingerprint density at radius 1 is 1.09 bits per heavy atom. The van der Waals surface area contributed by atoms with Gasteiger partial charge < -0.3 is 25.1 Å². The SMILES string of the molecule is CC(C)(C)C(=O)SCCOP(=O)(OCCSC(=O)C(C)(C)C)OCC1OC(c2coc3c(=O)[nH]c(N)nc23)C(C)(O)C1O. The summed E-state index contributed by atoms with van der Waals surface area (Å²) >= 11 is 2.03. The van der Waals surface area contributed by atoms with Gasteiger partial charge in [-0.2, -0.15) is 0 Å². The predicted octanol–water partition coefficient (Wildman–Crippen LogP) is 3.42. The fraction of sp³-hybridized carbons (Fsp3) is 0.692. The molecule has 2 aromatic rings. The number of carbonyl (C=O) groups is 2. The van der Waals surface area contributed by atoms with Gasteiger partial charge in [0.2, 0.25) is 11.5 Å². The Bertz CT molecular complexity index is 1380. The van der Waals surface area contributed by atoms with Crippen molar-refractivity contribution in [2.75, 3.05) is 37.1 Å². The van der Waals surface area contributed by atoms with Crippen LogP contribution in [0.25, 0.3) is 11.1 Å². The number of nitrogens with two attached hydrogens (primary N) is 1. The van der Waals surface area contributed by atoms with E-state index < -0.39 is 54.7 Å². The van der Waals surface area contributed by atoms with Gasteiger partial charge in [-0.25, -0.2) is 9.55 Å². The highest BCUT2D eigenvalue weighted by molar-refractivity contribution is 8.14. The number of nitrogen functional groups attached to an aromatic ring is 1. The maximum absolute atomic E-state index is 13.5. The lowest BCUT2D eigenvalue weighted by Gasteiger charge is -2.26. The quantitative estimate of drug-likeness (QED) is 0.189. The molecule has 242 valence electrons. The third-order valence-electron chi connectivity index (χ3n) is 6.30. The van der Waals surface area contributed by atoms with Crippen LogP contribution in [0.1, 0.15) is 60.1 Å². The van der Waals surface area contributed by atoms with Crippen LogP contribution in [0.15, 0.2) is 15.5 Å². The van der Waals surface area contributed by atoms with Gasteiger partial charge in [-0.05, 0) is 6.92 Å². The number of hydrogen-bond acceptors (Lipinski definition) is 15. The van der Waals surface area contributed by atoms with E-state index >= 15 is 0 Å². The van der Waals surface area contributed by atoms with Crippen molar-refractivity contribution < 1.29 is 47.1 Å². The van der Waals surface area contributed by atoms with Gasteiger partial charge >= 0.3 is 7.82 Å². The molecule has 0 bridgehead atoms. The summed E-state index contributed by atoms with van der Waals surface area (Å²) in [6.45, 7) is 11.1. The summed E-state index contributed by atoms with van der Waals surface area (Å²) in [5.41, 5.74) is 2.04. The Hall–Kier alpha value is -1.75. The minimum absolute atomic E-state index is 0.0437. The fourth-order valence-corrected chi connectivity index (χ4v) is 6.86. The lowest BCUT2D eigenvalue weighted by Crippen LogP contribution is -2.43. The predicted molar refractivity (Wildman–Crippen MR) is 163 cm³/mol. The van der Waals surface area contributed by atoms with Crippen molar-refractivity contribution in [2.24, 2.45) is 10.8 Å². The standard InChI is InChI=1S/C26H40N3O11PS2/c1-24(2,3)21(32)42-10-8-37-41(35,38-9-11-43-22(33)25(4,5)6)39-13-15-18(30)26(7,34)19(40-15)14-12-36-17-16(14)28-23(27)29-20(17)31/h12,15,18-19,30,34H,8-11,13H2,1-7H3,(H3,27,28,29,31). The fourth-order valence-electron chi connectivity index (χ4n) is 3.86. The van der Waals surface area contributed by atoms with Gasteiger partial charge in [0.05, 0.1) is 26.1 Å². The first-order valence-corrected chi connectivity index (χ1v) is 16.9. The van der Waals surface area contributed by atoms with Crippen LogP contribution in [-0.4, -0.2) is 79.5 Å². The van der Waals surface area contributed by atoms with Gasteiger partial charge in [0.25, 0.3) is 5.56 Å². The Labute approximate surface area is 257 Å². The number of aliphatic hydroxyl groups is 2. The minimum Gasteiger partial charge on any atom is -0.456 e. The average molecular weight is 666 g/mol. The molecule has 4 atom stereocenters. The van der Waals surface area contributed by atoms with Crippen molar-refractivity contribution >= 4 is 58.6 Å². The number of carbonyl (C=O) groups excluding carboxylic acids is 2. The summed E-state index contributed by atoms with van der Waals surface area (Å²) in [5, 5.41) is 21.9. The largest absolute Gasteiger partial charge is 0.474 e. The highest BCUT2D eigenvalue weighted by atomic mass is 32.2. The zero-order valence-electron chi connectivity index (χ0n) is 25.2. The zero-order chi connectivity index (χ0) is 32.4. The van der Waals surface area contributed by atoms with E-state index in [1.165, 1.54) is 13.2 Å². The molecule has 0 amide bonds. The molecule has 0 aromatic carbocycles. The van der Waals surface area contributed by atoms with Crippen LogP contribution in [0.4, 0.5) is 5.95 Å². The first-order chi connectivity index (χ1) is 19.8. The molecule has 43 heavy (non-hydrogen) atoms. The second kappa shape index (κ2) is 13.7. The molecule has 0 spiro atoms. The summed E-state index contributed by atoms with van der Waals surface area (Å²) in [6, 6.07) is 0. The molecule has 5 N–H and O–H groups in total. The number of rotatable bonds is 12. The number of H-pyrrole nitrogens is 1. The van der Waals surface area contributed by atoms with E-state index in [4.69, 9.17) is 28.5 Å². The van der Waals surface area contributed by atoms with Crippen LogP contribution in [0.2, 0.25) is 0 Å². The van der Waals surface area contributed by atoms with Gasteiger partial charge in [-0.3, -0.25) is 32.9 Å². The number of phosphoric ester groups is 1. The molecule has 1 aliphatic rings. The van der Waals surface area contributed by atoms with E-state index in [-0.39, 0.29) is 57.6 Å². The molecular formula is C26H40N3O11PS2. The number of phosphoric acid groups is 1. The number of nitrogens with zero attached hydrogens (tertiary/aromatic N) is 1. The highest BCUT2D eigenvalue weighted by Gasteiger charge is 2.54. The van der Waals surface area contributed by atoms with Gasteiger partial charge in [-0.15, -0.1) is 0 Å². The summed E-state index contributed by atoms with van der Waals surface area (Å²) in [7, 11) is -4.29. The monoisotopic (exact) mass is 665 g/mol. The maximum atomic E-state index is 13.5. The third kappa shape index (κ3) is 8.92. The number of ether oxygens (including phenoxy) is 1. The first kappa shape index (κ1) is 35.7. The number of hydrogen-bond donors (Lipinski definition) is 4. The van der Waals surface area contributed by atoms with Gasteiger partial charge in [-0.1, -0.05) is 65.1 Å². The summed E-state index contributed by atoms with van der Waals surface area (Å²) < 4.78 is 41.2. The van der Waals surface area contributed by atoms with Gasteiger partial charge in [0, 0.05) is 27.9 Å². The number of fused-ring (bicyclic) bond motifs is 1. The van der Waals surface area contributed by atoms with E-state index in [0.717, 1.165) is 23.5 Å². The second-order valence-electron chi connectivity index (χ2n) is 12.2. The molecule has 4 unspecified atom stereocenters. The van der Waals surface area contributed by atoms with Crippen molar-refractivity contribution in [3.63, 3.8) is 0 Å². The molecule has 17 heteroatoms. The molecule has 0 radical (unpaired) electrons. The molecular weight excluding hydrogens is 625 g/mol. The smallest absolute Gasteiger partial charge is 0.456 e. The van der Waals surface area contributed by atoms with E-state index in [1.807, 2.05) is 0 Å². The van der Waals surface area contributed by atoms with Gasteiger partial charge in [0.15, 0.2) is 10.2 Å². The highest BCUT2D eigenvalue weighted by Crippen LogP contribution is 2.51. The number of aromatic amines is 1. The maximum Gasteiger partial charge on any atom is 0.474 e. The molecule has 3 rings (SSSR count). The van der Waals surface area contributed by atoms with Crippen molar-refractivity contribution in [3.8, 4) is 0 Å². The van der Waals surface area contributed by atoms with E-state index in [9.17, 15) is 29.2 Å². The van der Waals surface area contributed by atoms with Crippen LogP contribution in [0.3, 0.4) is 0 Å². The van der Waals surface area contributed by atoms with Crippen LogP contribution in [0, 0.1) is 10.8 Å². The Kier molecular flexibility index (Phi) is 11.4. The van der Waals surface area contributed by atoms with Crippen LogP contribution in [-0.2, 0) is 32.5 Å². The number of nitrogens with one attached hydrogen (secondary N) is 1. The van der Waals surface area contributed by atoms with E-state index in [0.29, 0.717) is 0 Å². The van der Waals surface area contributed by atoms with Crippen molar-refractivity contribution in [3.05, 3.63) is 22.2 Å². The van der Waals surface area contributed by atoms with Crippen molar-refractivity contribution in [2.45, 2.75) is 72.4 Å². The zero-order valence-corrected chi connectivity index (χ0v) is 27.7. The Morgan fingerprint density at radius 3 is 2.14 bits per heavy atom. The second-order valence-corrected chi connectivity index (χ2v) is 16.0. The van der Waals surface area contributed by atoms with Crippen LogP contribution < -0.4 is 11.3 Å². The number of aliphatic hydroxyl groups excluding tert-OH is 1. The number of furan rings is 1. The number of anilines is 1. The van der Waals surface area contributed by atoms with Crippen molar-refractivity contribution in [1.82, 2.24) is 9.97 Å². The molecule has 1 saturated heterocycles. The van der Waals surface area contributed by atoms with Crippen molar-refractivity contribution in [1.29, 1.82) is 0 Å². The normalized spacial score (nSPS) is 23.2. The summed E-state index contributed by atoms with van der Waals surface area (Å²) in [6.07, 6.45) is -2.83. The lowest BCUT2D eigenvalue weighted by molar-refractivity contribution is -0.118. The Morgan fingerprint density at radius 2 is 1.63 bits per heavy atom. The van der Waals surface area contributed by atoms with Crippen LogP contribution in [0.5, 0.6) is 0 Å². The van der Waals surface area contributed by atoms with Crippen LogP contribution >= 0.6 is 31.3 Å². The molecule has 3 heterocycles. The lowest BCUT2D eigenvalue weighted by atomic mass is 9.89. The minimum atomic E-state index is -4.29. The Balaban J connectivity index is 1.71. The molecule has 0 saturated carbocycles. The first-order valence-electron chi connectivity index (χ1n) is 13.5. The summed E-state index contributed by atoms with van der Waals surface area (Å²) in [5.74, 6) is 0.163. The third-order valence-corrected chi connectivity index (χ3v) is 10.3. The number of thioether (sulfide) groups is 2. The molecule has 14 nitrogen and oxygen atoms in total. The topological polar surface area (TPSA) is 214 Å². The molecule has 1 fully saturated rings.